The molecular formula is C40H74. The molecule has 5 fully saturated rings. The molecule has 5 aliphatic rings. The SMILES string of the molecule is CC1CCC(C2CCCC(C(C)(C)C)C2)C1.CCCCC1C(C)CC2CCCC2C1C1CCC(CC)C(CC)C1. The van der Waals surface area contributed by atoms with Gasteiger partial charge in [-0.1, -0.05) is 113 Å². The summed E-state index contributed by atoms with van der Waals surface area (Å²) >= 11 is 0. The molecule has 0 aromatic carbocycles. The van der Waals surface area contributed by atoms with Crippen LogP contribution in [0.1, 0.15) is 177 Å². The lowest BCUT2D eigenvalue weighted by Crippen LogP contribution is -2.43. The van der Waals surface area contributed by atoms with Crippen molar-refractivity contribution in [3.05, 3.63) is 0 Å². The first kappa shape index (κ1) is 32.9. The number of hydrogen-bond donors (Lipinski definition) is 0. The number of fused-ring (bicyclic) bond motifs is 1. The van der Waals surface area contributed by atoms with E-state index in [4.69, 9.17) is 0 Å². The van der Waals surface area contributed by atoms with E-state index < -0.39 is 0 Å². The number of hydrogen-bond acceptors (Lipinski definition) is 0. The van der Waals surface area contributed by atoms with Gasteiger partial charge in [-0.05, 0) is 141 Å². The van der Waals surface area contributed by atoms with E-state index in [9.17, 15) is 0 Å². The zero-order valence-electron chi connectivity index (χ0n) is 28.9. The molecule has 0 radical (unpaired) electrons. The first-order valence-electron chi connectivity index (χ1n) is 19.2. The predicted molar refractivity (Wildman–Crippen MR) is 177 cm³/mol. The molecule has 234 valence electrons. The fraction of sp³-hybridized carbons (Fsp3) is 1.00. The van der Waals surface area contributed by atoms with Crippen molar-refractivity contribution in [3.63, 3.8) is 0 Å². The lowest BCUT2D eigenvalue weighted by Gasteiger charge is -2.51. The van der Waals surface area contributed by atoms with Gasteiger partial charge < -0.3 is 0 Å². The monoisotopic (exact) mass is 555 g/mol. The van der Waals surface area contributed by atoms with E-state index in [1.165, 1.54) is 77.0 Å². The molecule has 5 rings (SSSR count). The molecule has 0 saturated heterocycles. The Hall–Kier alpha value is 0. The van der Waals surface area contributed by atoms with Crippen molar-refractivity contribution in [1.29, 1.82) is 0 Å². The third-order valence-corrected chi connectivity index (χ3v) is 14.1. The van der Waals surface area contributed by atoms with Gasteiger partial charge in [-0.3, -0.25) is 0 Å². The molecule has 0 nitrogen and oxygen atoms in total. The van der Waals surface area contributed by atoms with Crippen LogP contribution in [0, 0.1) is 76.4 Å². The molecular weight excluding hydrogens is 480 g/mol. The zero-order valence-corrected chi connectivity index (χ0v) is 28.9. The molecule has 0 bridgehead atoms. The predicted octanol–water partition coefficient (Wildman–Crippen LogP) is 13.0. The lowest BCUT2D eigenvalue weighted by atomic mass is 9.55. The summed E-state index contributed by atoms with van der Waals surface area (Å²) in [5.41, 5.74) is 0.545. The van der Waals surface area contributed by atoms with Crippen LogP contribution in [0.4, 0.5) is 0 Å². The fourth-order valence-corrected chi connectivity index (χ4v) is 11.7. The van der Waals surface area contributed by atoms with Gasteiger partial charge in [0, 0.05) is 0 Å². The molecule has 0 aliphatic heterocycles. The van der Waals surface area contributed by atoms with Crippen molar-refractivity contribution in [2.45, 2.75) is 177 Å². The Morgan fingerprint density at radius 2 is 1.27 bits per heavy atom. The van der Waals surface area contributed by atoms with Crippen LogP contribution in [-0.2, 0) is 0 Å². The van der Waals surface area contributed by atoms with Crippen molar-refractivity contribution in [2.75, 3.05) is 0 Å². The first-order chi connectivity index (χ1) is 19.2. The van der Waals surface area contributed by atoms with Gasteiger partial charge in [0.1, 0.15) is 0 Å². The molecule has 12 unspecified atom stereocenters. The van der Waals surface area contributed by atoms with E-state index in [0.29, 0.717) is 5.41 Å². The Morgan fingerprint density at radius 3 is 1.93 bits per heavy atom. The highest BCUT2D eigenvalue weighted by atomic mass is 14.5. The number of rotatable bonds is 7. The highest BCUT2D eigenvalue weighted by Gasteiger charge is 2.48. The third kappa shape index (κ3) is 8.13. The van der Waals surface area contributed by atoms with Crippen LogP contribution in [0.5, 0.6) is 0 Å². The van der Waals surface area contributed by atoms with E-state index in [0.717, 1.165) is 71.0 Å². The summed E-state index contributed by atoms with van der Waals surface area (Å²) < 4.78 is 0. The molecule has 12 atom stereocenters. The Labute approximate surface area is 253 Å². The molecule has 0 amide bonds. The summed E-state index contributed by atoms with van der Waals surface area (Å²) in [5, 5.41) is 0. The van der Waals surface area contributed by atoms with Gasteiger partial charge in [0.25, 0.3) is 0 Å². The molecule has 0 spiro atoms. The Morgan fingerprint density at radius 1 is 0.600 bits per heavy atom. The average Bonchev–Trinajstić information content (AvgIpc) is 3.60. The van der Waals surface area contributed by atoms with Crippen molar-refractivity contribution in [2.24, 2.45) is 76.4 Å². The van der Waals surface area contributed by atoms with E-state index in [1.807, 2.05) is 0 Å². The highest BCUT2D eigenvalue weighted by Crippen LogP contribution is 2.57. The summed E-state index contributed by atoms with van der Waals surface area (Å²) in [5.74, 6) is 12.7. The van der Waals surface area contributed by atoms with Crippen LogP contribution in [0.2, 0.25) is 0 Å². The maximum atomic E-state index is 2.62. The second kappa shape index (κ2) is 15.1. The molecule has 0 N–H and O–H groups in total. The molecule has 0 aromatic rings. The number of unbranched alkanes of at least 4 members (excludes halogenated alkanes) is 1. The normalized spacial score (nSPS) is 44.1. The third-order valence-electron chi connectivity index (χ3n) is 14.1. The summed E-state index contributed by atoms with van der Waals surface area (Å²) in [6, 6.07) is 0. The smallest absolute Gasteiger partial charge is 0.0324 e. The van der Waals surface area contributed by atoms with E-state index in [2.05, 4.69) is 55.4 Å². The Bertz CT molecular complexity index is 714. The zero-order chi connectivity index (χ0) is 28.9. The maximum Gasteiger partial charge on any atom is -0.0324 e. The lowest BCUT2D eigenvalue weighted by molar-refractivity contribution is -0.0149. The topological polar surface area (TPSA) is 0 Å². The quantitative estimate of drug-likeness (QED) is 0.293. The summed E-state index contributed by atoms with van der Waals surface area (Å²) in [4.78, 5) is 0. The standard InChI is InChI=1S/C24H44.C16H30/c1-5-8-11-22-17(4)15-20-10-9-12-23(20)24(22)21-14-13-18(6-2)19(7-3)16-21;1-12-8-9-14(10-12)13-6-5-7-15(11-13)16(2,3)4/h17-24H,5-16H2,1-4H3;12-15H,5-11H2,1-4H3. The van der Waals surface area contributed by atoms with Gasteiger partial charge in [-0.15, -0.1) is 0 Å². The van der Waals surface area contributed by atoms with Gasteiger partial charge in [-0.25, -0.2) is 0 Å². The summed E-state index contributed by atoms with van der Waals surface area (Å²) in [6.45, 7) is 19.7. The van der Waals surface area contributed by atoms with E-state index in [-0.39, 0.29) is 0 Å². The molecule has 5 aliphatic carbocycles. The molecule has 5 saturated carbocycles. The minimum absolute atomic E-state index is 0.545. The van der Waals surface area contributed by atoms with E-state index in [1.54, 1.807) is 44.9 Å². The van der Waals surface area contributed by atoms with Gasteiger partial charge in [0.05, 0.1) is 0 Å². The fourth-order valence-electron chi connectivity index (χ4n) is 11.7. The van der Waals surface area contributed by atoms with Crippen molar-refractivity contribution >= 4 is 0 Å². The molecule has 0 heterocycles. The average molecular weight is 555 g/mol. The van der Waals surface area contributed by atoms with Crippen LogP contribution in [0.3, 0.4) is 0 Å². The van der Waals surface area contributed by atoms with Crippen LogP contribution in [0.25, 0.3) is 0 Å². The van der Waals surface area contributed by atoms with Crippen molar-refractivity contribution in [3.8, 4) is 0 Å². The van der Waals surface area contributed by atoms with Gasteiger partial charge >= 0.3 is 0 Å². The maximum absolute atomic E-state index is 2.62. The van der Waals surface area contributed by atoms with Crippen LogP contribution >= 0.6 is 0 Å². The second-order valence-corrected chi connectivity index (χ2v) is 17.5. The van der Waals surface area contributed by atoms with Crippen molar-refractivity contribution in [1.82, 2.24) is 0 Å². The highest BCUT2D eigenvalue weighted by molar-refractivity contribution is 4.98. The summed E-state index contributed by atoms with van der Waals surface area (Å²) in [7, 11) is 0. The minimum atomic E-state index is 0.545. The molecule has 0 aromatic heterocycles. The summed E-state index contributed by atoms with van der Waals surface area (Å²) in [6.07, 6.45) is 28.8. The Balaban J connectivity index is 0.000000201. The van der Waals surface area contributed by atoms with Crippen molar-refractivity contribution < 1.29 is 0 Å². The second-order valence-electron chi connectivity index (χ2n) is 17.5. The first-order valence-corrected chi connectivity index (χ1v) is 19.2. The van der Waals surface area contributed by atoms with Gasteiger partial charge in [-0.2, -0.15) is 0 Å². The molecule has 0 heteroatoms. The Kier molecular flexibility index (Phi) is 12.4. The van der Waals surface area contributed by atoms with Gasteiger partial charge in [0.15, 0.2) is 0 Å². The minimum Gasteiger partial charge on any atom is -0.0654 e. The molecule has 40 heavy (non-hydrogen) atoms. The van der Waals surface area contributed by atoms with Crippen LogP contribution in [-0.4, -0.2) is 0 Å². The van der Waals surface area contributed by atoms with E-state index >= 15 is 0 Å². The largest absolute Gasteiger partial charge is 0.0654 e. The van der Waals surface area contributed by atoms with Gasteiger partial charge in [0.2, 0.25) is 0 Å². The van der Waals surface area contributed by atoms with Crippen LogP contribution in [0.15, 0.2) is 0 Å². The van der Waals surface area contributed by atoms with Crippen LogP contribution < -0.4 is 0 Å².